The zero-order valence-corrected chi connectivity index (χ0v) is 12.1. The monoisotopic (exact) mass is 348 g/mol. The lowest BCUT2D eigenvalue weighted by molar-refractivity contribution is -0.385. The molecule has 0 saturated heterocycles. The third-order valence-corrected chi connectivity index (χ3v) is 3.14. The number of nitrogens with zero attached hydrogens (tertiary/aromatic N) is 3. The third kappa shape index (κ3) is 3.93. The number of hydrazone groups is 1. The summed E-state index contributed by atoms with van der Waals surface area (Å²) in [6, 6.07) is 7.77. The number of pyridine rings is 1. The summed E-state index contributed by atoms with van der Waals surface area (Å²) in [5.74, 6) is -0.411. The third-order valence-electron chi connectivity index (χ3n) is 2.47. The van der Waals surface area contributed by atoms with E-state index >= 15 is 0 Å². The van der Waals surface area contributed by atoms with Gasteiger partial charge in [-0.2, -0.15) is 5.10 Å². The Morgan fingerprint density at radius 1 is 1.43 bits per heavy atom. The number of halogens is 1. The van der Waals surface area contributed by atoms with Gasteiger partial charge in [0.15, 0.2) is 0 Å². The van der Waals surface area contributed by atoms with E-state index in [0.29, 0.717) is 15.6 Å². The van der Waals surface area contributed by atoms with Gasteiger partial charge in [-0.05, 0) is 34.1 Å². The van der Waals surface area contributed by atoms with Crippen molar-refractivity contribution < 1.29 is 9.72 Å². The zero-order chi connectivity index (χ0) is 15.2. The smallest absolute Gasteiger partial charge is 0.267 e. The van der Waals surface area contributed by atoms with Crippen LogP contribution in [0.3, 0.4) is 0 Å². The molecule has 0 bridgehead atoms. The van der Waals surface area contributed by atoms with Crippen molar-refractivity contribution in [2.24, 2.45) is 5.10 Å². The fraction of sp³-hybridized carbons (Fsp3) is 0. The van der Waals surface area contributed by atoms with E-state index in [2.05, 4.69) is 31.4 Å². The Morgan fingerprint density at radius 3 is 2.90 bits per heavy atom. The minimum atomic E-state index is -0.504. The molecule has 0 fully saturated rings. The van der Waals surface area contributed by atoms with Gasteiger partial charge in [-0.25, -0.2) is 5.43 Å². The Bertz CT molecular complexity index is 704. The maximum Gasteiger partial charge on any atom is 0.284 e. The summed E-state index contributed by atoms with van der Waals surface area (Å²) in [6.07, 6.45) is 4.30. The van der Waals surface area contributed by atoms with Crippen LogP contribution in [0.4, 0.5) is 5.69 Å². The minimum Gasteiger partial charge on any atom is -0.267 e. The summed E-state index contributed by atoms with van der Waals surface area (Å²) < 4.78 is 0.379. The van der Waals surface area contributed by atoms with Crippen LogP contribution in [0, 0.1) is 10.1 Å². The van der Waals surface area contributed by atoms with Crippen LogP contribution >= 0.6 is 15.9 Å². The summed E-state index contributed by atoms with van der Waals surface area (Å²) in [6.45, 7) is 0. The van der Waals surface area contributed by atoms with Crippen LogP contribution in [0.2, 0.25) is 0 Å². The van der Waals surface area contributed by atoms with Gasteiger partial charge in [0, 0.05) is 24.0 Å². The lowest BCUT2D eigenvalue weighted by Gasteiger charge is -1.99. The van der Waals surface area contributed by atoms with Gasteiger partial charge >= 0.3 is 0 Å². The molecule has 1 aromatic carbocycles. The maximum atomic E-state index is 11.7. The SMILES string of the molecule is O=C(N/N=C\c1ccc(Br)c([N+](=O)[O-])c1)c1cccnc1. The topological polar surface area (TPSA) is 97.5 Å². The number of aromatic nitrogens is 1. The van der Waals surface area contributed by atoms with Gasteiger partial charge in [0.25, 0.3) is 11.6 Å². The van der Waals surface area contributed by atoms with E-state index in [9.17, 15) is 14.9 Å². The molecule has 0 atom stereocenters. The largest absolute Gasteiger partial charge is 0.284 e. The lowest BCUT2D eigenvalue weighted by atomic mass is 10.2. The summed E-state index contributed by atoms with van der Waals surface area (Å²) in [5, 5.41) is 14.6. The molecule has 1 aromatic heterocycles. The highest BCUT2D eigenvalue weighted by Gasteiger charge is 2.11. The van der Waals surface area contributed by atoms with Crippen LogP contribution in [0.25, 0.3) is 0 Å². The molecule has 1 N–H and O–H groups in total. The molecule has 0 unspecified atom stereocenters. The lowest BCUT2D eigenvalue weighted by Crippen LogP contribution is -2.17. The second-order valence-corrected chi connectivity index (χ2v) is 4.76. The fourth-order valence-electron chi connectivity index (χ4n) is 1.48. The Balaban J connectivity index is 2.07. The molecule has 8 heteroatoms. The highest BCUT2D eigenvalue weighted by Crippen LogP contribution is 2.24. The molecule has 0 radical (unpaired) electrons. The first-order valence-electron chi connectivity index (χ1n) is 5.75. The van der Waals surface area contributed by atoms with E-state index in [4.69, 9.17) is 0 Å². The highest BCUT2D eigenvalue weighted by molar-refractivity contribution is 9.10. The molecule has 2 rings (SSSR count). The molecule has 106 valence electrons. The molecule has 0 aliphatic carbocycles. The van der Waals surface area contributed by atoms with Crippen LogP contribution in [0.5, 0.6) is 0 Å². The number of nitrogens with one attached hydrogen (secondary N) is 1. The van der Waals surface area contributed by atoms with Crippen LogP contribution in [0.1, 0.15) is 15.9 Å². The van der Waals surface area contributed by atoms with Crippen LogP contribution in [0.15, 0.2) is 52.3 Å². The number of nitro benzene ring substituents is 1. The van der Waals surface area contributed by atoms with Crippen molar-refractivity contribution in [3.8, 4) is 0 Å². The van der Waals surface area contributed by atoms with Gasteiger partial charge in [-0.1, -0.05) is 6.07 Å². The normalized spacial score (nSPS) is 10.5. The van der Waals surface area contributed by atoms with E-state index in [1.54, 1.807) is 30.5 Å². The molecular formula is C13H9BrN4O3. The second-order valence-electron chi connectivity index (χ2n) is 3.91. The minimum absolute atomic E-state index is 0.0717. The average molecular weight is 349 g/mol. The quantitative estimate of drug-likeness (QED) is 0.521. The number of rotatable bonds is 4. The van der Waals surface area contributed by atoms with Crippen LogP contribution in [-0.4, -0.2) is 22.0 Å². The standard InChI is InChI=1S/C13H9BrN4O3/c14-11-4-3-9(6-12(11)18(20)21)7-16-17-13(19)10-2-1-5-15-8-10/h1-8H,(H,17,19)/b16-7-. The molecule has 2 aromatic rings. The number of hydrogen-bond acceptors (Lipinski definition) is 5. The first-order valence-corrected chi connectivity index (χ1v) is 6.54. The predicted octanol–water partition coefficient (Wildman–Crippen LogP) is 2.52. The number of carbonyl (C=O) groups is 1. The Kier molecular flexibility index (Phi) is 4.72. The van der Waals surface area contributed by atoms with Gasteiger partial charge in [0.05, 0.1) is 21.2 Å². The van der Waals surface area contributed by atoms with Gasteiger partial charge in [0.2, 0.25) is 0 Å². The van der Waals surface area contributed by atoms with E-state index in [0.717, 1.165) is 0 Å². The van der Waals surface area contributed by atoms with E-state index in [1.165, 1.54) is 18.5 Å². The number of carbonyl (C=O) groups excluding carboxylic acids is 1. The number of nitro groups is 1. The summed E-state index contributed by atoms with van der Waals surface area (Å²) in [5.41, 5.74) is 3.12. The second kappa shape index (κ2) is 6.71. The zero-order valence-electron chi connectivity index (χ0n) is 10.6. The molecule has 0 spiro atoms. The molecule has 0 aliphatic heterocycles. The van der Waals surface area contributed by atoms with E-state index in [1.807, 2.05) is 0 Å². The summed E-state index contributed by atoms with van der Waals surface area (Å²) in [4.78, 5) is 25.8. The van der Waals surface area contributed by atoms with Gasteiger partial charge in [-0.3, -0.25) is 19.9 Å². The number of hydrogen-bond donors (Lipinski definition) is 1. The molecular weight excluding hydrogens is 340 g/mol. The maximum absolute atomic E-state index is 11.7. The number of amides is 1. The van der Waals surface area contributed by atoms with Crippen LogP contribution < -0.4 is 5.43 Å². The number of benzene rings is 1. The highest BCUT2D eigenvalue weighted by atomic mass is 79.9. The fourth-order valence-corrected chi connectivity index (χ4v) is 1.87. The van der Waals surface area contributed by atoms with Crippen molar-refractivity contribution in [3.63, 3.8) is 0 Å². The molecule has 0 aliphatic rings. The van der Waals surface area contributed by atoms with Gasteiger partial charge < -0.3 is 0 Å². The van der Waals surface area contributed by atoms with Crippen molar-refractivity contribution in [2.75, 3.05) is 0 Å². The Hall–Kier alpha value is -2.61. The van der Waals surface area contributed by atoms with Crippen molar-refractivity contribution in [2.45, 2.75) is 0 Å². The first-order chi connectivity index (χ1) is 10.1. The first kappa shape index (κ1) is 14.8. The Labute approximate surface area is 128 Å². The molecule has 7 nitrogen and oxygen atoms in total. The summed E-state index contributed by atoms with van der Waals surface area (Å²) >= 11 is 3.09. The van der Waals surface area contributed by atoms with Crippen molar-refractivity contribution in [1.82, 2.24) is 10.4 Å². The van der Waals surface area contributed by atoms with Crippen molar-refractivity contribution >= 4 is 33.7 Å². The average Bonchev–Trinajstić information content (AvgIpc) is 2.49. The van der Waals surface area contributed by atoms with Gasteiger partial charge in [-0.15, -0.1) is 0 Å². The predicted molar refractivity (Wildman–Crippen MR) is 80.1 cm³/mol. The van der Waals surface area contributed by atoms with E-state index in [-0.39, 0.29) is 5.69 Å². The van der Waals surface area contributed by atoms with Crippen molar-refractivity contribution in [1.29, 1.82) is 0 Å². The van der Waals surface area contributed by atoms with E-state index < -0.39 is 10.8 Å². The van der Waals surface area contributed by atoms with Gasteiger partial charge in [0.1, 0.15) is 0 Å². The molecule has 1 heterocycles. The molecule has 1 amide bonds. The molecule has 21 heavy (non-hydrogen) atoms. The Morgan fingerprint density at radius 2 is 2.24 bits per heavy atom. The summed E-state index contributed by atoms with van der Waals surface area (Å²) in [7, 11) is 0. The van der Waals surface area contributed by atoms with Crippen molar-refractivity contribution in [3.05, 3.63) is 68.4 Å². The molecule has 0 saturated carbocycles. The van der Waals surface area contributed by atoms with Crippen LogP contribution in [-0.2, 0) is 0 Å².